The molecule has 0 aliphatic rings. The van der Waals surface area contributed by atoms with Crippen LogP contribution in [0.4, 0.5) is 0 Å². The van der Waals surface area contributed by atoms with Crippen molar-refractivity contribution in [1.82, 2.24) is 0 Å². The van der Waals surface area contributed by atoms with E-state index in [0.717, 1.165) is 11.3 Å². The molecule has 0 radical (unpaired) electrons. The fourth-order valence-electron chi connectivity index (χ4n) is 1.18. The number of hydrogen-bond donors (Lipinski definition) is 0. The van der Waals surface area contributed by atoms with Gasteiger partial charge in [-0.05, 0) is 24.6 Å². The molecular weight excluding hydrogens is 178 g/mol. The number of ether oxygens (including phenoxy) is 2. The van der Waals surface area contributed by atoms with Crippen molar-refractivity contribution in [2.75, 3.05) is 13.7 Å². The van der Waals surface area contributed by atoms with Gasteiger partial charge < -0.3 is 9.47 Å². The first kappa shape index (κ1) is 10.6. The van der Waals surface area contributed by atoms with Gasteiger partial charge in [-0.2, -0.15) is 5.26 Å². The molecule has 1 rings (SSSR count). The summed E-state index contributed by atoms with van der Waals surface area (Å²) in [6, 6.07) is 9.44. The fourth-order valence-corrected chi connectivity index (χ4v) is 1.18. The van der Waals surface area contributed by atoms with Gasteiger partial charge in [0.2, 0.25) is 0 Å². The van der Waals surface area contributed by atoms with Crippen molar-refractivity contribution in [2.24, 2.45) is 0 Å². The first-order chi connectivity index (χ1) is 6.81. The van der Waals surface area contributed by atoms with Crippen LogP contribution in [0.3, 0.4) is 0 Å². The largest absolute Gasteiger partial charge is 0.497 e. The van der Waals surface area contributed by atoms with Crippen molar-refractivity contribution in [3.8, 4) is 11.8 Å². The predicted octanol–water partition coefficient (Wildman–Crippen LogP) is 2.30. The van der Waals surface area contributed by atoms with E-state index in [0.29, 0.717) is 6.61 Å². The van der Waals surface area contributed by atoms with Gasteiger partial charge in [0.1, 0.15) is 5.75 Å². The van der Waals surface area contributed by atoms with Gasteiger partial charge in [-0.3, -0.25) is 0 Å². The summed E-state index contributed by atoms with van der Waals surface area (Å²) in [5.74, 6) is 0.738. The standard InChI is InChI=1S/C11H13NO2/c1-3-14-11(8-12)9-5-4-6-10(7-9)13-2/h4-7,11H,3H2,1-2H3. The van der Waals surface area contributed by atoms with Gasteiger partial charge in [-0.15, -0.1) is 0 Å². The Balaban J connectivity index is 2.88. The second-order valence-electron chi connectivity index (χ2n) is 2.74. The summed E-state index contributed by atoms with van der Waals surface area (Å²) in [5.41, 5.74) is 0.828. The molecule has 0 bridgehead atoms. The normalized spacial score (nSPS) is 11.8. The molecular formula is C11H13NO2. The Morgan fingerprint density at radius 2 is 2.29 bits per heavy atom. The average Bonchev–Trinajstić information content (AvgIpc) is 2.26. The second-order valence-corrected chi connectivity index (χ2v) is 2.74. The maximum atomic E-state index is 8.86. The molecule has 0 N–H and O–H groups in total. The monoisotopic (exact) mass is 191 g/mol. The lowest BCUT2D eigenvalue weighted by Gasteiger charge is -2.10. The molecule has 0 heterocycles. The zero-order chi connectivity index (χ0) is 10.4. The summed E-state index contributed by atoms with van der Waals surface area (Å²) in [6.45, 7) is 2.39. The Morgan fingerprint density at radius 1 is 1.50 bits per heavy atom. The van der Waals surface area contributed by atoms with Crippen LogP contribution in [-0.2, 0) is 4.74 Å². The Kier molecular flexibility index (Phi) is 3.96. The molecule has 0 aliphatic heterocycles. The minimum Gasteiger partial charge on any atom is -0.497 e. The molecule has 1 aromatic carbocycles. The molecule has 1 atom stereocenters. The summed E-state index contributed by atoms with van der Waals surface area (Å²) < 4.78 is 10.3. The van der Waals surface area contributed by atoms with E-state index < -0.39 is 6.10 Å². The van der Waals surface area contributed by atoms with Crippen molar-refractivity contribution in [2.45, 2.75) is 13.0 Å². The van der Waals surface area contributed by atoms with E-state index in [1.807, 2.05) is 31.2 Å². The zero-order valence-corrected chi connectivity index (χ0v) is 8.36. The Labute approximate surface area is 83.9 Å². The molecule has 74 valence electrons. The van der Waals surface area contributed by atoms with Crippen LogP contribution in [0.2, 0.25) is 0 Å². The van der Waals surface area contributed by atoms with Crippen molar-refractivity contribution in [3.63, 3.8) is 0 Å². The molecule has 1 aromatic rings. The fraction of sp³-hybridized carbons (Fsp3) is 0.364. The molecule has 0 saturated heterocycles. The van der Waals surface area contributed by atoms with Crippen LogP contribution < -0.4 is 4.74 Å². The third kappa shape index (κ3) is 2.48. The van der Waals surface area contributed by atoms with Gasteiger partial charge in [0.15, 0.2) is 6.10 Å². The lowest BCUT2D eigenvalue weighted by molar-refractivity contribution is 0.102. The summed E-state index contributed by atoms with van der Waals surface area (Å²) in [7, 11) is 1.60. The van der Waals surface area contributed by atoms with Crippen LogP contribution in [0.15, 0.2) is 24.3 Å². The van der Waals surface area contributed by atoms with E-state index in [-0.39, 0.29) is 0 Å². The van der Waals surface area contributed by atoms with Gasteiger partial charge in [-0.25, -0.2) is 0 Å². The minimum atomic E-state index is -0.505. The molecule has 1 unspecified atom stereocenters. The zero-order valence-electron chi connectivity index (χ0n) is 8.36. The average molecular weight is 191 g/mol. The van der Waals surface area contributed by atoms with E-state index in [1.165, 1.54) is 0 Å². The first-order valence-corrected chi connectivity index (χ1v) is 4.47. The molecule has 0 spiro atoms. The molecule has 0 saturated carbocycles. The third-order valence-electron chi connectivity index (χ3n) is 1.85. The molecule has 0 fully saturated rings. The van der Waals surface area contributed by atoms with Gasteiger partial charge in [0.05, 0.1) is 13.2 Å². The van der Waals surface area contributed by atoms with E-state index in [2.05, 4.69) is 6.07 Å². The van der Waals surface area contributed by atoms with Gasteiger partial charge >= 0.3 is 0 Å². The highest BCUT2D eigenvalue weighted by Crippen LogP contribution is 2.21. The molecule has 3 nitrogen and oxygen atoms in total. The van der Waals surface area contributed by atoms with Crippen molar-refractivity contribution < 1.29 is 9.47 Å². The number of nitrogens with zero attached hydrogens (tertiary/aromatic N) is 1. The van der Waals surface area contributed by atoms with E-state index in [4.69, 9.17) is 14.7 Å². The maximum absolute atomic E-state index is 8.86. The van der Waals surface area contributed by atoms with E-state index in [9.17, 15) is 0 Å². The summed E-state index contributed by atoms with van der Waals surface area (Å²) in [5, 5.41) is 8.86. The lowest BCUT2D eigenvalue weighted by atomic mass is 10.1. The molecule has 3 heteroatoms. The number of methoxy groups -OCH3 is 1. The number of rotatable bonds is 4. The summed E-state index contributed by atoms with van der Waals surface area (Å²) >= 11 is 0. The maximum Gasteiger partial charge on any atom is 0.169 e. The van der Waals surface area contributed by atoms with Crippen molar-refractivity contribution in [1.29, 1.82) is 5.26 Å². The predicted molar refractivity (Wildman–Crippen MR) is 53.0 cm³/mol. The Hall–Kier alpha value is -1.53. The second kappa shape index (κ2) is 5.25. The topological polar surface area (TPSA) is 42.2 Å². The van der Waals surface area contributed by atoms with Gasteiger partial charge in [0.25, 0.3) is 0 Å². The Morgan fingerprint density at radius 3 is 2.86 bits per heavy atom. The van der Waals surface area contributed by atoms with Gasteiger partial charge in [-0.1, -0.05) is 12.1 Å². The number of nitriles is 1. The van der Waals surface area contributed by atoms with Crippen LogP contribution in [0, 0.1) is 11.3 Å². The summed E-state index contributed by atoms with van der Waals surface area (Å²) in [6.07, 6.45) is -0.505. The molecule has 0 aromatic heterocycles. The van der Waals surface area contributed by atoms with Crippen molar-refractivity contribution >= 4 is 0 Å². The number of hydrogen-bond acceptors (Lipinski definition) is 3. The van der Waals surface area contributed by atoms with Crippen LogP contribution in [0.1, 0.15) is 18.6 Å². The highest BCUT2D eigenvalue weighted by Gasteiger charge is 2.09. The lowest BCUT2D eigenvalue weighted by Crippen LogP contribution is -2.01. The van der Waals surface area contributed by atoms with Crippen molar-refractivity contribution in [3.05, 3.63) is 29.8 Å². The first-order valence-electron chi connectivity index (χ1n) is 4.47. The van der Waals surface area contributed by atoms with E-state index in [1.54, 1.807) is 7.11 Å². The van der Waals surface area contributed by atoms with E-state index >= 15 is 0 Å². The highest BCUT2D eigenvalue weighted by molar-refractivity contribution is 5.32. The summed E-state index contributed by atoms with van der Waals surface area (Å²) in [4.78, 5) is 0. The highest BCUT2D eigenvalue weighted by atomic mass is 16.5. The minimum absolute atomic E-state index is 0.505. The Bertz CT molecular complexity index is 330. The SMILES string of the molecule is CCOC(C#N)c1cccc(OC)c1. The van der Waals surface area contributed by atoms with Crippen LogP contribution >= 0.6 is 0 Å². The van der Waals surface area contributed by atoms with Gasteiger partial charge in [0, 0.05) is 6.61 Å². The van der Waals surface area contributed by atoms with Crippen LogP contribution in [-0.4, -0.2) is 13.7 Å². The molecule has 0 aliphatic carbocycles. The number of benzene rings is 1. The third-order valence-corrected chi connectivity index (χ3v) is 1.85. The molecule has 0 amide bonds. The van der Waals surface area contributed by atoms with Crippen LogP contribution in [0.25, 0.3) is 0 Å². The van der Waals surface area contributed by atoms with Crippen LogP contribution in [0.5, 0.6) is 5.75 Å². The quantitative estimate of drug-likeness (QED) is 0.733. The molecule has 14 heavy (non-hydrogen) atoms. The smallest absolute Gasteiger partial charge is 0.169 e.